The van der Waals surface area contributed by atoms with Crippen molar-refractivity contribution >= 4 is 11.8 Å². The lowest BCUT2D eigenvalue weighted by Gasteiger charge is -2.41. The van der Waals surface area contributed by atoms with Crippen molar-refractivity contribution in [2.75, 3.05) is 39.3 Å². The van der Waals surface area contributed by atoms with E-state index in [1.807, 2.05) is 9.80 Å². The van der Waals surface area contributed by atoms with Crippen LogP contribution in [0.4, 0.5) is 4.39 Å². The quantitative estimate of drug-likeness (QED) is 0.777. The Morgan fingerprint density at radius 2 is 2.08 bits per heavy atom. The van der Waals surface area contributed by atoms with Gasteiger partial charge in [-0.25, -0.2) is 4.39 Å². The maximum Gasteiger partial charge on any atom is 0.236 e. The molecule has 2 heterocycles. The van der Waals surface area contributed by atoms with Crippen LogP contribution in [0.3, 0.4) is 0 Å². The Kier molecular flexibility index (Phi) is 6.44. The van der Waals surface area contributed by atoms with E-state index in [-0.39, 0.29) is 23.7 Å². The number of piperazine rings is 1. The molecule has 7 heteroatoms. The smallest absolute Gasteiger partial charge is 0.236 e. The zero-order chi connectivity index (χ0) is 18.4. The lowest BCUT2D eigenvalue weighted by atomic mass is 10.0. The minimum atomic E-state index is -0.296. The number of nitrogens with one attached hydrogen (secondary N) is 1. The van der Waals surface area contributed by atoms with E-state index >= 15 is 0 Å². The number of piperidine rings is 1. The second kappa shape index (κ2) is 8.98. The summed E-state index contributed by atoms with van der Waals surface area (Å²) >= 11 is 0. The van der Waals surface area contributed by atoms with E-state index in [0.29, 0.717) is 38.3 Å². The molecule has 142 valence electrons. The summed E-state index contributed by atoms with van der Waals surface area (Å²) in [6.07, 6.45) is 2.93. The van der Waals surface area contributed by atoms with Crippen LogP contribution in [-0.2, 0) is 9.59 Å². The number of halogens is 1. The number of nitrogens with zero attached hydrogens (tertiary/aromatic N) is 2. The van der Waals surface area contributed by atoms with Gasteiger partial charge in [-0.15, -0.1) is 0 Å². The molecule has 1 unspecified atom stereocenters. The molecule has 2 aliphatic heterocycles. The summed E-state index contributed by atoms with van der Waals surface area (Å²) in [5.74, 6) is 0.549. The van der Waals surface area contributed by atoms with Gasteiger partial charge >= 0.3 is 0 Å². The molecule has 0 radical (unpaired) electrons. The van der Waals surface area contributed by atoms with E-state index in [2.05, 4.69) is 5.32 Å². The third-order valence-electron chi connectivity index (χ3n) is 4.93. The van der Waals surface area contributed by atoms with Crippen LogP contribution in [0.5, 0.6) is 5.75 Å². The van der Waals surface area contributed by atoms with Gasteiger partial charge in [0.2, 0.25) is 11.8 Å². The van der Waals surface area contributed by atoms with Crippen molar-refractivity contribution < 1.29 is 18.7 Å². The van der Waals surface area contributed by atoms with Crippen molar-refractivity contribution in [1.29, 1.82) is 0 Å². The first kappa shape index (κ1) is 18.6. The molecule has 0 aliphatic carbocycles. The summed E-state index contributed by atoms with van der Waals surface area (Å²) in [6, 6.07) is 6.00. The first-order valence-corrected chi connectivity index (χ1v) is 9.30. The molecule has 0 spiro atoms. The number of rotatable bonds is 6. The van der Waals surface area contributed by atoms with Crippen LogP contribution in [0.2, 0.25) is 0 Å². The van der Waals surface area contributed by atoms with E-state index < -0.39 is 0 Å². The van der Waals surface area contributed by atoms with Crippen LogP contribution < -0.4 is 10.1 Å². The summed E-state index contributed by atoms with van der Waals surface area (Å²) in [7, 11) is 0. The van der Waals surface area contributed by atoms with E-state index in [4.69, 9.17) is 4.74 Å². The lowest BCUT2D eigenvalue weighted by molar-refractivity contribution is -0.140. The fourth-order valence-electron chi connectivity index (χ4n) is 3.55. The molecule has 3 rings (SSSR count). The molecule has 26 heavy (non-hydrogen) atoms. The van der Waals surface area contributed by atoms with Gasteiger partial charge in [-0.1, -0.05) is 0 Å². The van der Waals surface area contributed by atoms with Crippen molar-refractivity contribution in [3.8, 4) is 5.75 Å². The Bertz CT molecular complexity index is 623. The van der Waals surface area contributed by atoms with Gasteiger partial charge < -0.3 is 19.9 Å². The van der Waals surface area contributed by atoms with E-state index in [9.17, 15) is 14.0 Å². The van der Waals surface area contributed by atoms with Crippen LogP contribution in [-0.4, -0.2) is 67.0 Å². The SMILES string of the molecule is O=C(CCCOc1ccc(F)cc1)N1CCCC(N2CCNCC2=O)C1. The minimum Gasteiger partial charge on any atom is -0.494 e. The highest BCUT2D eigenvalue weighted by Gasteiger charge is 2.31. The molecule has 2 saturated heterocycles. The molecule has 0 aromatic heterocycles. The molecule has 2 fully saturated rings. The fourth-order valence-corrected chi connectivity index (χ4v) is 3.55. The van der Waals surface area contributed by atoms with Crippen molar-refractivity contribution in [3.63, 3.8) is 0 Å². The van der Waals surface area contributed by atoms with Crippen LogP contribution in [0.1, 0.15) is 25.7 Å². The second-order valence-corrected chi connectivity index (χ2v) is 6.81. The number of ether oxygens (including phenoxy) is 1. The molecule has 1 atom stereocenters. The monoisotopic (exact) mass is 363 g/mol. The number of carbonyl (C=O) groups is 2. The Labute approximate surface area is 153 Å². The molecule has 1 aromatic carbocycles. The van der Waals surface area contributed by atoms with Crippen molar-refractivity contribution in [3.05, 3.63) is 30.1 Å². The number of carbonyl (C=O) groups excluding carboxylic acids is 2. The molecule has 2 aliphatic rings. The summed E-state index contributed by atoms with van der Waals surface area (Å²) < 4.78 is 18.4. The minimum absolute atomic E-state index is 0.111. The predicted molar refractivity (Wildman–Crippen MR) is 95.3 cm³/mol. The van der Waals surface area contributed by atoms with E-state index in [0.717, 1.165) is 32.5 Å². The molecular formula is C19H26FN3O3. The fraction of sp³-hybridized carbons (Fsp3) is 0.579. The van der Waals surface area contributed by atoms with Crippen molar-refractivity contribution in [2.45, 2.75) is 31.7 Å². The standard InChI is InChI=1S/C19H26FN3O3/c20-15-5-7-17(8-6-15)26-12-2-4-18(24)22-10-1-3-16(14-22)23-11-9-21-13-19(23)25/h5-8,16,21H,1-4,9-14H2. The third kappa shape index (κ3) is 4.94. The summed E-state index contributed by atoms with van der Waals surface area (Å²) in [5.41, 5.74) is 0. The molecule has 0 saturated carbocycles. The number of hydrogen-bond acceptors (Lipinski definition) is 4. The highest BCUT2D eigenvalue weighted by atomic mass is 19.1. The Balaban J connectivity index is 1.41. The first-order valence-electron chi connectivity index (χ1n) is 9.30. The Hall–Kier alpha value is -2.15. The molecule has 6 nitrogen and oxygen atoms in total. The molecule has 1 aromatic rings. The highest BCUT2D eigenvalue weighted by Crippen LogP contribution is 2.18. The van der Waals surface area contributed by atoms with E-state index in [1.54, 1.807) is 12.1 Å². The van der Waals surface area contributed by atoms with Crippen LogP contribution in [0, 0.1) is 5.82 Å². The zero-order valence-corrected chi connectivity index (χ0v) is 15.0. The highest BCUT2D eigenvalue weighted by molar-refractivity contribution is 5.80. The maximum atomic E-state index is 12.8. The third-order valence-corrected chi connectivity index (χ3v) is 4.93. The average Bonchev–Trinajstić information content (AvgIpc) is 2.67. The number of amides is 2. The Morgan fingerprint density at radius 1 is 1.27 bits per heavy atom. The number of likely N-dealkylation sites (tertiary alicyclic amines) is 1. The van der Waals surface area contributed by atoms with Gasteiger partial charge in [0.25, 0.3) is 0 Å². The van der Waals surface area contributed by atoms with Gasteiger partial charge in [0.1, 0.15) is 11.6 Å². The van der Waals surface area contributed by atoms with Crippen LogP contribution >= 0.6 is 0 Å². The topological polar surface area (TPSA) is 61.9 Å². The molecule has 1 N–H and O–H groups in total. The first-order chi connectivity index (χ1) is 12.6. The molecule has 2 amide bonds. The summed E-state index contributed by atoms with van der Waals surface area (Å²) in [6.45, 7) is 3.74. The second-order valence-electron chi connectivity index (χ2n) is 6.81. The maximum absolute atomic E-state index is 12.8. The Morgan fingerprint density at radius 3 is 2.85 bits per heavy atom. The number of benzene rings is 1. The van der Waals surface area contributed by atoms with Crippen LogP contribution in [0.25, 0.3) is 0 Å². The van der Waals surface area contributed by atoms with Crippen molar-refractivity contribution in [1.82, 2.24) is 15.1 Å². The van der Waals surface area contributed by atoms with Gasteiger partial charge in [-0.05, 0) is 43.5 Å². The van der Waals surface area contributed by atoms with Gasteiger partial charge in [0.15, 0.2) is 0 Å². The number of hydrogen-bond donors (Lipinski definition) is 1. The van der Waals surface area contributed by atoms with Gasteiger partial charge in [0.05, 0.1) is 13.2 Å². The normalized spacial score (nSPS) is 21.0. The largest absolute Gasteiger partial charge is 0.494 e. The van der Waals surface area contributed by atoms with Crippen molar-refractivity contribution in [2.24, 2.45) is 0 Å². The summed E-state index contributed by atoms with van der Waals surface area (Å²) in [4.78, 5) is 28.3. The summed E-state index contributed by atoms with van der Waals surface area (Å²) in [5, 5.41) is 3.08. The zero-order valence-electron chi connectivity index (χ0n) is 15.0. The molecular weight excluding hydrogens is 337 g/mol. The van der Waals surface area contributed by atoms with E-state index in [1.165, 1.54) is 12.1 Å². The van der Waals surface area contributed by atoms with Gasteiger partial charge in [-0.3, -0.25) is 9.59 Å². The predicted octanol–water partition coefficient (Wildman–Crippen LogP) is 1.41. The van der Waals surface area contributed by atoms with Crippen LogP contribution in [0.15, 0.2) is 24.3 Å². The lowest BCUT2D eigenvalue weighted by Crippen LogP contribution is -2.57. The average molecular weight is 363 g/mol. The molecule has 0 bridgehead atoms. The van der Waals surface area contributed by atoms with Gasteiger partial charge in [-0.2, -0.15) is 0 Å². The van der Waals surface area contributed by atoms with Gasteiger partial charge in [0, 0.05) is 38.6 Å².